The van der Waals surface area contributed by atoms with Gasteiger partial charge in [0, 0.05) is 35.9 Å². The van der Waals surface area contributed by atoms with E-state index in [0.717, 1.165) is 25.2 Å². The number of aromatic nitrogens is 1. The molecule has 1 unspecified atom stereocenters. The quantitative estimate of drug-likeness (QED) is 0.696. The number of fused-ring (bicyclic) bond motifs is 3. The van der Waals surface area contributed by atoms with Crippen LogP contribution in [-0.4, -0.2) is 30.4 Å². The number of rotatable bonds is 4. The minimum absolute atomic E-state index is 0.0741. The maximum Gasteiger partial charge on any atom is 0.200 e. The van der Waals surface area contributed by atoms with Gasteiger partial charge in [-0.05, 0) is 49.6 Å². The van der Waals surface area contributed by atoms with Crippen LogP contribution in [0.15, 0.2) is 30.3 Å². The second kappa shape index (κ2) is 7.55. The Kier molecular flexibility index (Phi) is 4.86. The fourth-order valence-electron chi connectivity index (χ4n) is 5.64. The van der Waals surface area contributed by atoms with Crippen LogP contribution in [0.1, 0.15) is 47.7 Å². The zero-order valence-corrected chi connectivity index (χ0v) is 18.1. The molecule has 0 bridgehead atoms. The third-order valence-corrected chi connectivity index (χ3v) is 6.96. The molecule has 5 heteroatoms. The van der Waals surface area contributed by atoms with E-state index in [1.54, 1.807) is 30.4 Å². The fourth-order valence-corrected chi connectivity index (χ4v) is 5.64. The summed E-state index contributed by atoms with van der Waals surface area (Å²) in [6.07, 6.45) is 4.83. The van der Waals surface area contributed by atoms with Crippen LogP contribution in [0, 0.1) is 6.92 Å². The Labute approximate surface area is 177 Å². The van der Waals surface area contributed by atoms with E-state index in [-0.39, 0.29) is 5.75 Å². The highest BCUT2D eigenvalue weighted by Gasteiger charge is 2.36. The molecule has 3 aromatic rings. The first-order chi connectivity index (χ1) is 14.6. The van der Waals surface area contributed by atoms with Gasteiger partial charge in [0.1, 0.15) is 12.6 Å². The molecule has 30 heavy (non-hydrogen) atoms. The van der Waals surface area contributed by atoms with E-state index >= 15 is 0 Å². The lowest BCUT2D eigenvalue weighted by molar-refractivity contribution is -0.945. The van der Waals surface area contributed by atoms with E-state index in [9.17, 15) is 5.11 Å². The SMILES string of the molecule is COc1cc(C[NH+]2CCCn3c4c(c5cc(C)ccc53)CCC[C@@H]42)cc(OC)c1O. The van der Waals surface area contributed by atoms with Gasteiger partial charge in [0.15, 0.2) is 11.5 Å². The lowest BCUT2D eigenvalue weighted by Gasteiger charge is -2.31. The Hall–Kier alpha value is -2.66. The molecule has 1 aliphatic carbocycles. The number of hydrogen-bond acceptors (Lipinski definition) is 3. The van der Waals surface area contributed by atoms with Crippen LogP contribution in [0.4, 0.5) is 0 Å². The van der Waals surface area contributed by atoms with Crippen LogP contribution in [-0.2, 0) is 19.5 Å². The van der Waals surface area contributed by atoms with Crippen molar-refractivity contribution in [1.29, 1.82) is 0 Å². The average molecular weight is 408 g/mol. The van der Waals surface area contributed by atoms with Gasteiger partial charge in [0.2, 0.25) is 5.75 Å². The molecule has 2 heterocycles. The number of aromatic hydroxyl groups is 1. The molecule has 0 amide bonds. The predicted molar refractivity (Wildman–Crippen MR) is 118 cm³/mol. The number of phenols is 1. The number of nitrogens with zero attached hydrogens (tertiary/aromatic N) is 1. The van der Waals surface area contributed by atoms with Crippen LogP contribution in [0.5, 0.6) is 17.2 Å². The number of phenolic OH excluding ortho intramolecular Hbond substituents is 1. The number of benzene rings is 2. The summed E-state index contributed by atoms with van der Waals surface area (Å²) in [5, 5.41) is 11.7. The first kappa shape index (κ1) is 19.3. The molecule has 1 aromatic heterocycles. The molecule has 5 nitrogen and oxygen atoms in total. The molecule has 0 saturated heterocycles. The molecule has 5 rings (SSSR count). The van der Waals surface area contributed by atoms with Crippen molar-refractivity contribution < 1.29 is 19.5 Å². The van der Waals surface area contributed by atoms with Crippen LogP contribution in [0.2, 0.25) is 0 Å². The number of quaternary nitrogens is 1. The predicted octanol–water partition coefficient (Wildman–Crippen LogP) is 3.54. The van der Waals surface area contributed by atoms with Gasteiger partial charge in [-0.3, -0.25) is 0 Å². The summed E-state index contributed by atoms with van der Waals surface area (Å²) in [4.78, 5) is 1.60. The summed E-state index contributed by atoms with van der Waals surface area (Å²) in [5.41, 5.74) is 7.03. The number of hydrogen-bond donors (Lipinski definition) is 2. The van der Waals surface area contributed by atoms with Gasteiger partial charge in [-0.25, -0.2) is 0 Å². The van der Waals surface area contributed by atoms with Crippen molar-refractivity contribution in [1.82, 2.24) is 4.57 Å². The maximum atomic E-state index is 10.3. The Morgan fingerprint density at radius 3 is 2.60 bits per heavy atom. The van der Waals surface area contributed by atoms with Crippen molar-refractivity contribution in [3.63, 3.8) is 0 Å². The topological polar surface area (TPSA) is 48.1 Å². The number of nitrogens with one attached hydrogen (secondary N) is 1. The van der Waals surface area contributed by atoms with Gasteiger partial charge in [-0.15, -0.1) is 0 Å². The highest BCUT2D eigenvalue weighted by Crippen LogP contribution is 2.39. The molecule has 2 N–H and O–H groups in total. The van der Waals surface area contributed by atoms with Gasteiger partial charge >= 0.3 is 0 Å². The van der Waals surface area contributed by atoms with Crippen molar-refractivity contribution in [2.45, 2.75) is 51.7 Å². The average Bonchev–Trinajstić information content (AvgIpc) is 2.94. The van der Waals surface area contributed by atoms with Crippen molar-refractivity contribution in [3.8, 4) is 17.2 Å². The molecule has 0 radical (unpaired) electrons. The van der Waals surface area contributed by atoms with Gasteiger partial charge in [-0.1, -0.05) is 11.6 Å². The monoisotopic (exact) mass is 407 g/mol. The maximum absolute atomic E-state index is 10.3. The molecule has 2 aliphatic rings. The van der Waals surface area contributed by atoms with Crippen LogP contribution in [0.3, 0.4) is 0 Å². The van der Waals surface area contributed by atoms with Crippen molar-refractivity contribution in [2.24, 2.45) is 0 Å². The summed E-state index contributed by atoms with van der Waals surface area (Å²) in [6.45, 7) is 5.33. The van der Waals surface area contributed by atoms with Gasteiger partial charge in [0.05, 0.1) is 26.5 Å². The minimum atomic E-state index is 0.0741. The molecule has 2 aromatic carbocycles. The van der Waals surface area contributed by atoms with Gasteiger partial charge in [0.25, 0.3) is 0 Å². The molecule has 0 saturated carbocycles. The van der Waals surface area contributed by atoms with Crippen LogP contribution >= 0.6 is 0 Å². The smallest absolute Gasteiger partial charge is 0.200 e. The Bertz CT molecular complexity index is 1070. The molecule has 0 fully saturated rings. The lowest BCUT2D eigenvalue weighted by atomic mass is 9.90. The summed E-state index contributed by atoms with van der Waals surface area (Å²) in [7, 11) is 3.18. The standard InChI is InChI=1S/C25H30N2O3/c1-16-8-9-20-19(12-16)18-6-4-7-21-24(18)27(20)11-5-10-26(21)15-17-13-22(29-2)25(28)23(14-17)30-3/h8-9,12-14,21,28H,4-7,10-11,15H2,1-3H3/p+1/t21-/m0/s1. The number of ether oxygens (including phenoxy) is 2. The van der Waals surface area contributed by atoms with Crippen molar-refractivity contribution in [3.05, 3.63) is 52.7 Å². The van der Waals surface area contributed by atoms with E-state index in [4.69, 9.17) is 9.47 Å². The van der Waals surface area contributed by atoms with E-state index in [1.807, 2.05) is 12.1 Å². The Balaban J connectivity index is 1.56. The van der Waals surface area contributed by atoms with E-state index in [1.165, 1.54) is 42.1 Å². The van der Waals surface area contributed by atoms with Crippen LogP contribution < -0.4 is 14.4 Å². The highest BCUT2D eigenvalue weighted by atomic mass is 16.5. The van der Waals surface area contributed by atoms with Crippen LogP contribution in [0.25, 0.3) is 10.9 Å². The number of aryl methyl sites for hydroxylation is 3. The Morgan fingerprint density at radius 1 is 1.10 bits per heavy atom. The van der Waals surface area contributed by atoms with Gasteiger partial charge < -0.3 is 24.0 Å². The first-order valence-electron chi connectivity index (χ1n) is 11.0. The third kappa shape index (κ3) is 3.03. The zero-order valence-electron chi connectivity index (χ0n) is 18.1. The zero-order chi connectivity index (χ0) is 20.8. The van der Waals surface area contributed by atoms with Crippen molar-refractivity contribution in [2.75, 3.05) is 20.8 Å². The lowest BCUT2D eigenvalue weighted by Crippen LogP contribution is -3.11. The summed E-state index contributed by atoms with van der Waals surface area (Å²) >= 11 is 0. The molecular formula is C25H31N2O3+. The fraction of sp³-hybridized carbons (Fsp3) is 0.440. The summed E-state index contributed by atoms with van der Waals surface area (Å²) in [6, 6.07) is 11.4. The van der Waals surface area contributed by atoms with E-state index < -0.39 is 0 Å². The molecule has 2 atom stereocenters. The molecular weight excluding hydrogens is 376 g/mol. The molecule has 1 aliphatic heterocycles. The van der Waals surface area contributed by atoms with E-state index in [0.29, 0.717) is 17.5 Å². The number of methoxy groups -OCH3 is 2. The largest absolute Gasteiger partial charge is 0.502 e. The van der Waals surface area contributed by atoms with E-state index in [2.05, 4.69) is 29.7 Å². The second-order valence-corrected chi connectivity index (χ2v) is 8.77. The molecule has 0 spiro atoms. The highest BCUT2D eigenvalue weighted by molar-refractivity contribution is 5.86. The summed E-state index contributed by atoms with van der Waals surface area (Å²) < 4.78 is 13.4. The summed E-state index contributed by atoms with van der Waals surface area (Å²) in [5.74, 6) is 1.03. The Morgan fingerprint density at radius 2 is 1.87 bits per heavy atom. The van der Waals surface area contributed by atoms with Crippen molar-refractivity contribution >= 4 is 10.9 Å². The third-order valence-electron chi connectivity index (χ3n) is 6.96. The van der Waals surface area contributed by atoms with Gasteiger partial charge in [-0.2, -0.15) is 0 Å². The minimum Gasteiger partial charge on any atom is -0.502 e. The molecule has 158 valence electrons. The normalized spacial score (nSPS) is 20.6. The first-order valence-corrected chi connectivity index (χ1v) is 11.0. The second-order valence-electron chi connectivity index (χ2n) is 8.77.